The van der Waals surface area contributed by atoms with Crippen LogP contribution in [0.5, 0.6) is 0 Å². The van der Waals surface area contributed by atoms with E-state index in [9.17, 15) is 12.6 Å². The van der Waals surface area contributed by atoms with Crippen LogP contribution in [-0.4, -0.2) is 12.6 Å². The van der Waals surface area contributed by atoms with Crippen LogP contribution in [0.25, 0.3) is 0 Å². The Morgan fingerprint density at radius 2 is 1.56 bits per heavy atom. The maximum Gasteiger partial charge on any atom is 0.318 e. The SMILES string of the molecule is O=S(=O)=S(=O)(O[O-])O[O-]. The molecule has 9 heteroatoms. The van der Waals surface area contributed by atoms with E-state index in [2.05, 4.69) is 8.67 Å². The molecule has 0 saturated carbocycles. The largest absolute Gasteiger partial charge is 0.707 e. The van der Waals surface area contributed by atoms with Crippen LogP contribution in [0.15, 0.2) is 0 Å². The Morgan fingerprint density at radius 3 is 1.56 bits per heavy atom. The molecule has 0 radical (unpaired) electrons. The van der Waals surface area contributed by atoms with E-state index >= 15 is 0 Å². The van der Waals surface area contributed by atoms with Crippen LogP contribution in [0.1, 0.15) is 0 Å². The lowest BCUT2D eigenvalue weighted by molar-refractivity contribution is -0.670. The molecule has 0 atom stereocenters. The fraction of sp³-hybridized carbons (Fsp3) is 0. The smallest absolute Gasteiger partial charge is 0.318 e. The van der Waals surface area contributed by atoms with Crippen LogP contribution in [-0.2, 0) is 27.0 Å². The second-order valence-corrected chi connectivity index (χ2v) is 4.29. The van der Waals surface area contributed by atoms with Crippen molar-refractivity contribution in [2.75, 3.05) is 0 Å². The Morgan fingerprint density at radius 1 is 1.22 bits per heavy atom. The van der Waals surface area contributed by atoms with Gasteiger partial charge in [-0.25, -0.2) is 0 Å². The van der Waals surface area contributed by atoms with E-state index in [1.54, 1.807) is 0 Å². The standard InChI is InChI=1S/H2O7S2/c1-6-9(5,7-2)8(3)4/h1-2H/p-2. The summed E-state index contributed by atoms with van der Waals surface area (Å²) in [4.78, 5) is 0. The van der Waals surface area contributed by atoms with Crippen molar-refractivity contribution in [3.05, 3.63) is 0 Å². The molecule has 0 aliphatic heterocycles. The van der Waals surface area contributed by atoms with Crippen LogP contribution in [0.4, 0.5) is 0 Å². The molecule has 0 heterocycles. The molecule has 0 bridgehead atoms. The third kappa shape index (κ3) is 1.89. The maximum atomic E-state index is 9.94. The van der Waals surface area contributed by atoms with Crippen molar-refractivity contribution in [1.29, 1.82) is 0 Å². The molecule has 0 aliphatic carbocycles. The fourth-order valence-electron chi connectivity index (χ4n) is 0.0567. The zero-order chi connectivity index (χ0) is 7.49. The van der Waals surface area contributed by atoms with Crippen molar-refractivity contribution >= 4 is 18.3 Å². The molecule has 9 heavy (non-hydrogen) atoms. The minimum absolute atomic E-state index is 2.48. The first-order valence-corrected chi connectivity index (χ1v) is 4.33. The van der Waals surface area contributed by atoms with E-state index in [0.717, 1.165) is 0 Å². The number of hydrogen-bond donors (Lipinski definition) is 0. The van der Waals surface area contributed by atoms with Crippen LogP contribution < -0.4 is 10.5 Å². The number of rotatable bonds is 2. The third-order valence-corrected chi connectivity index (χ3v) is 2.33. The van der Waals surface area contributed by atoms with Crippen molar-refractivity contribution in [3.8, 4) is 0 Å². The van der Waals surface area contributed by atoms with Crippen LogP contribution in [0, 0.1) is 0 Å². The molecule has 0 N–H and O–H groups in total. The first-order valence-electron chi connectivity index (χ1n) is 1.33. The van der Waals surface area contributed by atoms with Gasteiger partial charge in [-0.2, -0.15) is 12.6 Å². The van der Waals surface area contributed by atoms with Crippen molar-refractivity contribution in [1.82, 2.24) is 0 Å². The van der Waals surface area contributed by atoms with Gasteiger partial charge in [-0.05, 0) is 0 Å². The minimum atomic E-state index is -4.68. The van der Waals surface area contributed by atoms with E-state index in [-0.39, 0.29) is 0 Å². The first-order chi connectivity index (χ1) is 4.06. The molecule has 0 saturated heterocycles. The van der Waals surface area contributed by atoms with Gasteiger partial charge in [0.1, 0.15) is 0 Å². The van der Waals surface area contributed by atoms with Gasteiger partial charge in [0, 0.05) is 0 Å². The lowest BCUT2D eigenvalue weighted by Crippen LogP contribution is -2.23. The average molecular weight is 176 g/mol. The predicted octanol–water partition coefficient (Wildman–Crippen LogP) is -3.52. The zero-order valence-electron chi connectivity index (χ0n) is 3.67. The second-order valence-electron chi connectivity index (χ2n) is 0.748. The molecular weight excluding hydrogens is 176 g/mol. The van der Waals surface area contributed by atoms with Gasteiger partial charge in [0.25, 0.3) is 0 Å². The van der Waals surface area contributed by atoms with Gasteiger partial charge in [-0.3, -0.25) is 0 Å². The van der Waals surface area contributed by atoms with E-state index in [1.165, 1.54) is 0 Å². The van der Waals surface area contributed by atoms with Crippen LogP contribution in [0.2, 0.25) is 0 Å². The summed E-state index contributed by atoms with van der Waals surface area (Å²) in [5, 5.41) is 18.3. The molecule has 0 aromatic carbocycles. The molecular formula is O7S2-2. The molecule has 0 fully saturated rings. The first kappa shape index (κ1) is 8.81. The van der Waals surface area contributed by atoms with Crippen molar-refractivity contribution in [2.45, 2.75) is 0 Å². The summed E-state index contributed by atoms with van der Waals surface area (Å²) in [7, 11) is -8.14. The quantitative estimate of drug-likeness (QED) is 0.316. The van der Waals surface area contributed by atoms with E-state index < -0.39 is 18.3 Å². The Labute approximate surface area is 50.9 Å². The summed E-state index contributed by atoms with van der Waals surface area (Å²) in [6.45, 7) is 0. The Hall–Kier alpha value is -0.190. The zero-order valence-corrected chi connectivity index (χ0v) is 5.31. The average Bonchev–Trinajstić information content (AvgIpc) is 1.86. The Kier molecular flexibility index (Phi) is 3.03. The molecule has 7 nitrogen and oxygen atoms in total. The second kappa shape index (κ2) is 3.10. The highest BCUT2D eigenvalue weighted by atomic mass is 32.9. The summed E-state index contributed by atoms with van der Waals surface area (Å²) in [5.41, 5.74) is 0. The van der Waals surface area contributed by atoms with Crippen LogP contribution in [0.3, 0.4) is 0 Å². The fourth-order valence-corrected chi connectivity index (χ4v) is 0.442. The van der Waals surface area contributed by atoms with Gasteiger partial charge in [-0.15, -0.1) is 0 Å². The normalized spacial score (nSPS) is 11.3. The van der Waals surface area contributed by atoms with E-state index in [4.69, 9.17) is 10.5 Å². The molecule has 0 aromatic heterocycles. The minimum Gasteiger partial charge on any atom is -0.707 e. The summed E-state index contributed by atoms with van der Waals surface area (Å²) >= 11 is 0. The van der Waals surface area contributed by atoms with E-state index in [1.807, 2.05) is 0 Å². The third-order valence-electron chi connectivity index (χ3n) is 0.333. The van der Waals surface area contributed by atoms with Crippen molar-refractivity contribution in [2.24, 2.45) is 0 Å². The predicted molar refractivity (Wildman–Crippen MR) is 19.2 cm³/mol. The lowest BCUT2D eigenvalue weighted by atomic mass is 14.9. The van der Waals surface area contributed by atoms with Crippen LogP contribution >= 0.6 is 0 Å². The topological polar surface area (TPSA) is 116 Å². The molecule has 0 aliphatic rings. The molecule has 0 aromatic rings. The molecule has 56 valence electrons. The van der Waals surface area contributed by atoms with Crippen molar-refractivity contribution < 1.29 is 31.8 Å². The summed E-state index contributed by atoms with van der Waals surface area (Å²) in [6.07, 6.45) is 0. The van der Waals surface area contributed by atoms with Gasteiger partial charge in [0.15, 0.2) is 0 Å². The highest BCUT2D eigenvalue weighted by Gasteiger charge is 1.98. The van der Waals surface area contributed by atoms with Crippen molar-refractivity contribution in [3.63, 3.8) is 0 Å². The molecule has 0 rings (SSSR count). The summed E-state index contributed by atoms with van der Waals surface area (Å²) in [6, 6.07) is 0. The van der Waals surface area contributed by atoms with Gasteiger partial charge < -0.3 is 19.2 Å². The molecule has 0 spiro atoms. The Balaban J connectivity index is 5.26. The molecule has 0 unspecified atom stereocenters. The van der Waals surface area contributed by atoms with E-state index in [0.29, 0.717) is 0 Å². The highest BCUT2D eigenvalue weighted by Crippen LogP contribution is 1.85. The highest BCUT2D eigenvalue weighted by molar-refractivity contribution is 8.32. The molecule has 0 amide bonds. The summed E-state index contributed by atoms with van der Waals surface area (Å²) < 4.78 is 34.0. The van der Waals surface area contributed by atoms with Gasteiger partial charge >= 0.3 is 18.3 Å². The summed E-state index contributed by atoms with van der Waals surface area (Å²) in [5.74, 6) is 0. The monoisotopic (exact) mass is 176 g/mol. The van der Waals surface area contributed by atoms with Gasteiger partial charge in [-0.1, -0.05) is 0 Å². The maximum absolute atomic E-state index is 9.94. The Bertz CT molecular complexity index is 254. The lowest BCUT2D eigenvalue weighted by Gasteiger charge is -2.11. The van der Waals surface area contributed by atoms with Gasteiger partial charge in [0.05, 0.1) is 0 Å². The number of hydrogen-bond acceptors (Lipinski definition) is 7. The van der Waals surface area contributed by atoms with Gasteiger partial charge in [0.2, 0.25) is 0 Å².